The largest absolute Gasteiger partial charge is 0.378 e. The Kier molecular flexibility index (Phi) is 6.90. The van der Waals surface area contributed by atoms with Crippen LogP contribution in [-0.4, -0.2) is 66.4 Å². The third-order valence-corrected chi connectivity index (χ3v) is 7.18. The van der Waals surface area contributed by atoms with Crippen molar-refractivity contribution in [3.05, 3.63) is 80.3 Å². The predicted octanol–water partition coefficient (Wildman–Crippen LogP) is 4.12. The lowest BCUT2D eigenvalue weighted by atomic mass is 10.0. The van der Waals surface area contributed by atoms with Gasteiger partial charge in [-0.1, -0.05) is 6.07 Å². The maximum absolute atomic E-state index is 13.9. The molecule has 1 aromatic carbocycles. The van der Waals surface area contributed by atoms with E-state index in [2.05, 4.69) is 20.9 Å². The van der Waals surface area contributed by atoms with Crippen molar-refractivity contribution in [3.63, 3.8) is 0 Å². The second-order valence-electron chi connectivity index (χ2n) is 9.00. The van der Waals surface area contributed by atoms with Gasteiger partial charge in [0.1, 0.15) is 11.5 Å². The van der Waals surface area contributed by atoms with E-state index in [0.29, 0.717) is 23.3 Å². The van der Waals surface area contributed by atoms with Gasteiger partial charge in [0.05, 0.1) is 31.1 Å². The zero-order valence-electron chi connectivity index (χ0n) is 19.7. The van der Waals surface area contributed by atoms with Crippen molar-refractivity contribution < 1.29 is 9.13 Å². The van der Waals surface area contributed by atoms with Crippen LogP contribution in [0, 0.1) is 9.39 Å². The van der Waals surface area contributed by atoms with Crippen LogP contribution >= 0.6 is 22.6 Å². The van der Waals surface area contributed by atoms with Gasteiger partial charge in [0, 0.05) is 52.6 Å². The van der Waals surface area contributed by atoms with Gasteiger partial charge in [0.25, 0.3) is 5.56 Å². The minimum Gasteiger partial charge on any atom is -0.378 e. The van der Waals surface area contributed by atoms with E-state index in [1.165, 1.54) is 6.07 Å². The van der Waals surface area contributed by atoms with Gasteiger partial charge in [0.15, 0.2) is 0 Å². The van der Waals surface area contributed by atoms with Gasteiger partial charge in [-0.3, -0.25) is 4.79 Å². The lowest BCUT2D eigenvalue weighted by Crippen LogP contribution is -2.36. The number of morpholine rings is 1. The van der Waals surface area contributed by atoms with E-state index >= 15 is 0 Å². The number of pyridine rings is 2. The third-order valence-electron chi connectivity index (χ3n) is 6.35. The molecule has 0 bridgehead atoms. The number of H-pyrrole nitrogens is 1. The minimum atomic E-state index is -0.259. The van der Waals surface area contributed by atoms with E-state index in [4.69, 9.17) is 4.74 Å². The van der Waals surface area contributed by atoms with Crippen LogP contribution in [0.5, 0.6) is 0 Å². The van der Waals surface area contributed by atoms with Gasteiger partial charge >= 0.3 is 0 Å². The molecule has 1 saturated heterocycles. The first-order chi connectivity index (χ1) is 16.9. The molecule has 0 saturated carbocycles. The third kappa shape index (κ3) is 4.98. The summed E-state index contributed by atoms with van der Waals surface area (Å²) in [4.78, 5) is 25.5. The summed E-state index contributed by atoms with van der Waals surface area (Å²) >= 11 is 1.99. The predicted molar refractivity (Wildman–Crippen MR) is 145 cm³/mol. The smallest absolute Gasteiger partial charge is 0.251 e. The molecule has 4 heterocycles. The van der Waals surface area contributed by atoms with Crippen molar-refractivity contribution in [2.24, 2.45) is 0 Å². The zero-order valence-corrected chi connectivity index (χ0v) is 21.8. The molecule has 4 aromatic rings. The van der Waals surface area contributed by atoms with Gasteiger partial charge in [0.2, 0.25) is 0 Å². The second kappa shape index (κ2) is 10.1. The van der Waals surface area contributed by atoms with E-state index in [-0.39, 0.29) is 17.4 Å². The van der Waals surface area contributed by atoms with E-state index < -0.39 is 0 Å². The van der Waals surface area contributed by atoms with Crippen LogP contribution in [-0.2, 0) is 4.74 Å². The van der Waals surface area contributed by atoms with Gasteiger partial charge in [-0.2, -0.15) is 0 Å². The molecule has 5 rings (SSSR count). The summed E-state index contributed by atoms with van der Waals surface area (Å²) in [7, 11) is 3.93. The molecule has 0 spiro atoms. The van der Waals surface area contributed by atoms with Crippen molar-refractivity contribution in [1.82, 2.24) is 19.4 Å². The van der Waals surface area contributed by atoms with Crippen molar-refractivity contribution in [2.45, 2.75) is 6.04 Å². The summed E-state index contributed by atoms with van der Waals surface area (Å²) in [5, 5.41) is 0.976. The number of aromatic nitrogens is 3. The SMILES string of the molecule is CN(C)CC(c1ccc(F)c(I)c1)n1ccc(-c2c[nH]c3ncc(N4CCOCC4)cc23)cc1=O. The Morgan fingerprint density at radius 2 is 2.00 bits per heavy atom. The van der Waals surface area contributed by atoms with Crippen LogP contribution < -0.4 is 10.5 Å². The lowest BCUT2D eigenvalue weighted by molar-refractivity contribution is 0.122. The number of hydrogen-bond acceptors (Lipinski definition) is 5. The summed E-state index contributed by atoms with van der Waals surface area (Å²) in [6.07, 6.45) is 5.61. The topological polar surface area (TPSA) is 66.4 Å². The number of rotatable bonds is 6. The maximum atomic E-state index is 13.9. The van der Waals surface area contributed by atoms with Gasteiger partial charge in [-0.25, -0.2) is 9.37 Å². The van der Waals surface area contributed by atoms with Gasteiger partial charge in [-0.05, 0) is 72.1 Å². The average Bonchev–Trinajstić information content (AvgIpc) is 3.28. The van der Waals surface area contributed by atoms with Crippen molar-refractivity contribution in [3.8, 4) is 11.1 Å². The first-order valence-electron chi connectivity index (χ1n) is 11.5. The summed E-state index contributed by atoms with van der Waals surface area (Å²) < 4.78 is 21.6. The van der Waals surface area contributed by atoms with E-state index in [0.717, 1.165) is 46.5 Å². The van der Waals surface area contributed by atoms with Crippen LogP contribution in [0.3, 0.4) is 0 Å². The number of likely N-dealkylation sites (N-methyl/N-ethyl adjacent to an activating group) is 1. The number of ether oxygens (including phenoxy) is 1. The molecular formula is C26H27FIN5O2. The Hall–Kier alpha value is -2.76. The first-order valence-corrected chi connectivity index (χ1v) is 12.6. The number of hydrogen-bond donors (Lipinski definition) is 1. The Morgan fingerprint density at radius 1 is 1.20 bits per heavy atom. The van der Waals surface area contributed by atoms with Crippen molar-refractivity contribution in [2.75, 3.05) is 51.8 Å². The van der Waals surface area contributed by atoms with Crippen LogP contribution in [0.2, 0.25) is 0 Å². The number of anilines is 1. The second-order valence-corrected chi connectivity index (χ2v) is 10.2. The quantitative estimate of drug-likeness (QED) is 0.344. The highest BCUT2D eigenvalue weighted by molar-refractivity contribution is 14.1. The number of fused-ring (bicyclic) bond motifs is 1. The monoisotopic (exact) mass is 587 g/mol. The molecule has 9 heteroatoms. The van der Waals surface area contributed by atoms with Gasteiger partial charge in [-0.15, -0.1) is 0 Å². The maximum Gasteiger partial charge on any atom is 0.251 e. The number of benzene rings is 1. The molecule has 1 aliphatic rings. The van der Waals surface area contributed by atoms with Gasteiger partial charge < -0.3 is 24.1 Å². The molecule has 1 fully saturated rings. The fraction of sp³-hybridized carbons (Fsp3) is 0.308. The summed E-state index contributed by atoms with van der Waals surface area (Å²) in [6.45, 7) is 3.69. The Balaban J connectivity index is 1.52. The average molecular weight is 587 g/mol. The number of halogens is 2. The molecular weight excluding hydrogens is 560 g/mol. The van der Waals surface area contributed by atoms with Crippen LogP contribution in [0.4, 0.5) is 10.1 Å². The van der Waals surface area contributed by atoms with Crippen molar-refractivity contribution in [1.29, 1.82) is 0 Å². The summed E-state index contributed by atoms with van der Waals surface area (Å²) in [5.41, 5.74) is 4.38. The van der Waals surface area contributed by atoms with Crippen molar-refractivity contribution >= 4 is 39.3 Å². The van der Waals surface area contributed by atoms with Crippen LogP contribution in [0.25, 0.3) is 22.2 Å². The van der Waals surface area contributed by atoms with E-state index in [1.807, 2.05) is 72.3 Å². The molecule has 1 aliphatic heterocycles. The molecule has 182 valence electrons. The number of nitrogens with zero attached hydrogens (tertiary/aromatic N) is 4. The number of nitrogens with one attached hydrogen (secondary N) is 1. The van der Waals surface area contributed by atoms with Crippen LogP contribution in [0.1, 0.15) is 11.6 Å². The normalized spacial score (nSPS) is 15.2. The molecule has 0 radical (unpaired) electrons. The molecule has 1 atom stereocenters. The lowest BCUT2D eigenvalue weighted by Gasteiger charge is -2.28. The molecule has 1 N–H and O–H groups in total. The van der Waals surface area contributed by atoms with Crippen LogP contribution in [0.15, 0.2) is 59.8 Å². The highest BCUT2D eigenvalue weighted by atomic mass is 127. The molecule has 35 heavy (non-hydrogen) atoms. The van der Waals surface area contributed by atoms with E-state index in [9.17, 15) is 9.18 Å². The standard InChI is InChI=1S/C26H27FIN5O2/c1-31(2)16-24(18-3-4-22(27)23(28)11-18)33-6-5-17(12-25(33)34)21-15-30-26-20(21)13-19(14-29-26)32-7-9-35-10-8-32/h3-6,11-15,24H,7-10,16H2,1-2H3,(H,29,30). The highest BCUT2D eigenvalue weighted by Gasteiger charge is 2.19. The zero-order chi connectivity index (χ0) is 24.5. The fourth-order valence-electron chi connectivity index (χ4n) is 4.56. The molecule has 0 amide bonds. The Morgan fingerprint density at radius 3 is 2.71 bits per heavy atom. The molecule has 7 nitrogen and oxygen atoms in total. The Labute approximate surface area is 216 Å². The minimum absolute atomic E-state index is 0.111. The molecule has 3 aromatic heterocycles. The summed E-state index contributed by atoms with van der Waals surface area (Å²) in [5.74, 6) is -0.259. The Bertz CT molecular complexity index is 1410. The first kappa shape index (κ1) is 24.0. The molecule has 0 aliphatic carbocycles. The van der Waals surface area contributed by atoms with E-state index in [1.54, 1.807) is 16.7 Å². The number of aromatic amines is 1. The summed E-state index contributed by atoms with van der Waals surface area (Å²) in [6, 6.07) is 10.5. The fourth-order valence-corrected chi connectivity index (χ4v) is 5.10. The highest BCUT2D eigenvalue weighted by Crippen LogP contribution is 2.30. The molecule has 1 unspecified atom stereocenters.